The van der Waals surface area contributed by atoms with Crippen molar-refractivity contribution in [1.82, 2.24) is 15.0 Å². The van der Waals surface area contributed by atoms with Crippen molar-refractivity contribution in [1.29, 1.82) is 0 Å². The standard InChI is InChI=1S/C15H17N5O2S2/c1-3-9-7-10(16-13-17-14(23)19-15(24)18-13)5-6-11(9)20(4-2)8-12(21)22/h3,5-7H,1,4,8H2,2H3,(H,21,22)(H3,16,17,18,19,23,24). The van der Waals surface area contributed by atoms with Gasteiger partial charge in [0.05, 0.1) is 0 Å². The van der Waals surface area contributed by atoms with Crippen molar-refractivity contribution in [3.63, 3.8) is 0 Å². The highest BCUT2D eigenvalue weighted by molar-refractivity contribution is 7.71. The van der Waals surface area contributed by atoms with Crippen LogP contribution in [-0.2, 0) is 4.79 Å². The van der Waals surface area contributed by atoms with Crippen molar-refractivity contribution >= 4 is 53.8 Å². The number of hydrogen-bond acceptors (Lipinski definition) is 6. The van der Waals surface area contributed by atoms with Crippen molar-refractivity contribution in [2.75, 3.05) is 23.3 Å². The van der Waals surface area contributed by atoms with E-state index in [1.54, 1.807) is 11.0 Å². The summed E-state index contributed by atoms with van der Waals surface area (Å²) < 4.78 is 0.650. The molecule has 1 aromatic heterocycles. The number of carboxylic acid groups (broad SMARTS) is 1. The average Bonchev–Trinajstić information content (AvgIpc) is 2.51. The molecule has 24 heavy (non-hydrogen) atoms. The number of nitrogens with zero attached hydrogens (tertiary/aromatic N) is 2. The molecule has 0 saturated carbocycles. The van der Waals surface area contributed by atoms with Crippen LogP contribution in [0.25, 0.3) is 6.08 Å². The van der Waals surface area contributed by atoms with E-state index >= 15 is 0 Å². The van der Waals surface area contributed by atoms with Crippen LogP contribution in [0.3, 0.4) is 0 Å². The van der Waals surface area contributed by atoms with Gasteiger partial charge in [-0.2, -0.15) is 4.98 Å². The summed E-state index contributed by atoms with van der Waals surface area (Å²) in [6.07, 6.45) is 1.68. The second-order valence-corrected chi connectivity index (χ2v) is 5.65. The highest BCUT2D eigenvalue weighted by Gasteiger charge is 2.12. The molecule has 126 valence electrons. The first-order chi connectivity index (χ1) is 11.4. The van der Waals surface area contributed by atoms with Crippen molar-refractivity contribution in [3.05, 3.63) is 39.9 Å². The molecule has 0 atom stereocenters. The molecule has 0 radical (unpaired) electrons. The maximum Gasteiger partial charge on any atom is 0.323 e. The Labute approximate surface area is 149 Å². The largest absolute Gasteiger partial charge is 0.480 e. The van der Waals surface area contributed by atoms with E-state index in [1.165, 1.54) is 0 Å². The fourth-order valence-electron chi connectivity index (χ4n) is 2.20. The molecule has 0 spiro atoms. The lowest BCUT2D eigenvalue weighted by Gasteiger charge is -2.23. The zero-order valence-corrected chi connectivity index (χ0v) is 14.6. The number of hydrogen-bond donors (Lipinski definition) is 4. The van der Waals surface area contributed by atoms with Crippen molar-refractivity contribution in [2.24, 2.45) is 0 Å². The molecule has 9 heteroatoms. The first kappa shape index (κ1) is 17.8. The smallest absolute Gasteiger partial charge is 0.323 e. The third-order valence-electron chi connectivity index (χ3n) is 3.22. The van der Waals surface area contributed by atoms with Gasteiger partial charge in [-0.1, -0.05) is 12.7 Å². The molecule has 1 aromatic carbocycles. The summed E-state index contributed by atoms with van der Waals surface area (Å²) in [6.45, 7) is 6.20. The number of H-pyrrole nitrogens is 2. The SMILES string of the molecule is C=Cc1cc(Nc2nc(=S)[nH]c(=S)[nH]2)ccc1N(CC)CC(=O)O. The number of aliphatic carboxylic acids is 1. The second kappa shape index (κ2) is 7.84. The molecule has 0 unspecified atom stereocenters. The monoisotopic (exact) mass is 363 g/mol. The van der Waals surface area contributed by atoms with Crippen LogP contribution in [0.1, 0.15) is 12.5 Å². The molecule has 0 aliphatic carbocycles. The van der Waals surface area contributed by atoms with Crippen molar-refractivity contribution < 1.29 is 9.90 Å². The molecule has 0 aliphatic rings. The minimum atomic E-state index is -0.885. The Balaban J connectivity index is 2.34. The number of likely N-dealkylation sites (N-methyl/N-ethyl adjacent to an activating group) is 1. The van der Waals surface area contributed by atoms with Gasteiger partial charge >= 0.3 is 5.97 Å². The van der Waals surface area contributed by atoms with Crippen molar-refractivity contribution in [2.45, 2.75) is 6.92 Å². The van der Waals surface area contributed by atoms with Gasteiger partial charge in [0.2, 0.25) is 10.7 Å². The van der Waals surface area contributed by atoms with Crippen LogP contribution in [0.5, 0.6) is 0 Å². The van der Waals surface area contributed by atoms with Gasteiger partial charge in [0.25, 0.3) is 0 Å². The molecule has 0 saturated heterocycles. The van der Waals surface area contributed by atoms with Crippen molar-refractivity contribution in [3.8, 4) is 0 Å². The Kier molecular flexibility index (Phi) is 5.83. The normalized spacial score (nSPS) is 10.2. The quantitative estimate of drug-likeness (QED) is 0.559. The molecule has 4 N–H and O–H groups in total. The number of rotatable bonds is 7. The van der Waals surface area contributed by atoms with Crippen LogP contribution < -0.4 is 10.2 Å². The third-order valence-corrected chi connectivity index (χ3v) is 3.62. The van der Waals surface area contributed by atoms with Crippen LogP contribution in [0.15, 0.2) is 24.8 Å². The molecule has 0 fully saturated rings. The summed E-state index contributed by atoms with van der Waals surface area (Å²) in [6, 6.07) is 5.51. The second-order valence-electron chi connectivity index (χ2n) is 4.86. The van der Waals surface area contributed by atoms with Crippen LogP contribution in [-0.4, -0.2) is 39.1 Å². The summed E-state index contributed by atoms with van der Waals surface area (Å²) in [4.78, 5) is 22.4. The highest BCUT2D eigenvalue weighted by atomic mass is 32.1. The van der Waals surface area contributed by atoms with Gasteiger partial charge < -0.3 is 25.3 Å². The van der Waals surface area contributed by atoms with Gasteiger partial charge in [-0.05, 0) is 55.1 Å². The van der Waals surface area contributed by atoms with Crippen LogP contribution in [0.4, 0.5) is 17.3 Å². The Morgan fingerprint density at radius 3 is 2.79 bits per heavy atom. The van der Waals surface area contributed by atoms with Gasteiger partial charge in [-0.15, -0.1) is 0 Å². The van der Waals surface area contributed by atoms with Crippen LogP contribution in [0.2, 0.25) is 0 Å². The predicted molar refractivity (Wildman–Crippen MR) is 99.9 cm³/mol. The number of benzene rings is 1. The lowest BCUT2D eigenvalue weighted by molar-refractivity contribution is -0.135. The first-order valence-electron chi connectivity index (χ1n) is 7.13. The van der Waals surface area contributed by atoms with Crippen LogP contribution in [0, 0.1) is 9.54 Å². The van der Waals surface area contributed by atoms with E-state index in [-0.39, 0.29) is 11.3 Å². The summed E-state index contributed by atoms with van der Waals surface area (Å²) in [5.41, 5.74) is 2.35. The summed E-state index contributed by atoms with van der Waals surface area (Å²) in [7, 11) is 0. The Morgan fingerprint density at radius 1 is 1.46 bits per heavy atom. The predicted octanol–water partition coefficient (Wildman–Crippen LogP) is 3.49. The lowest BCUT2D eigenvalue weighted by atomic mass is 10.1. The van der Waals surface area contributed by atoms with E-state index < -0.39 is 5.97 Å². The van der Waals surface area contributed by atoms with Gasteiger partial charge in [0.1, 0.15) is 6.54 Å². The van der Waals surface area contributed by atoms with Crippen LogP contribution >= 0.6 is 24.4 Å². The molecular weight excluding hydrogens is 346 g/mol. The fraction of sp³-hybridized carbons (Fsp3) is 0.200. The molecule has 0 aliphatic heterocycles. The zero-order chi connectivity index (χ0) is 17.7. The highest BCUT2D eigenvalue weighted by Crippen LogP contribution is 2.26. The third kappa shape index (κ3) is 4.49. The van der Waals surface area contributed by atoms with Gasteiger partial charge in [-0.3, -0.25) is 4.79 Å². The molecule has 7 nitrogen and oxygen atoms in total. The van der Waals surface area contributed by atoms with E-state index in [0.29, 0.717) is 17.3 Å². The molecule has 0 bridgehead atoms. The lowest BCUT2D eigenvalue weighted by Crippen LogP contribution is -2.29. The number of nitrogens with one attached hydrogen (secondary N) is 3. The Morgan fingerprint density at radius 2 is 2.21 bits per heavy atom. The summed E-state index contributed by atoms with van der Waals surface area (Å²) in [5.74, 6) is -0.464. The van der Waals surface area contributed by atoms with E-state index in [1.807, 2.05) is 25.1 Å². The van der Waals surface area contributed by atoms with Gasteiger partial charge in [0.15, 0.2) is 4.77 Å². The fourth-order valence-corrected chi connectivity index (χ4v) is 2.65. The average molecular weight is 363 g/mol. The summed E-state index contributed by atoms with van der Waals surface area (Å²) >= 11 is 10.0. The maximum atomic E-state index is 11.0. The first-order valence-corrected chi connectivity index (χ1v) is 7.95. The van der Waals surface area contributed by atoms with E-state index in [4.69, 9.17) is 29.5 Å². The summed E-state index contributed by atoms with van der Waals surface area (Å²) in [5, 5.41) is 12.1. The molecule has 2 aromatic rings. The van der Waals surface area contributed by atoms with Gasteiger partial charge in [-0.25, -0.2) is 0 Å². The number of aromatic amines is 2. The van der Waals surface area contributed by atoms with E-state index in [2.05, 4.69) is 26.8 Å². The minimum Gasteiger partial charge on any atom is -0.480 e. The Bertz CT molecular complexity index is 846. The minimum absolute atomic E-state index is 0.0768. The number of anilines is 3. The molecule has 1 heterocycles. The number of aromatic nitrogens is 3. The van der Waals surface area contributed by atoms with E-state index in [9.17, 15) is 4.79 Å². The van der Waals surface area contributed by atoms with Gasteiger partial charge in [0, 0.05) is 17.9 Å². The topological polar surface area (TPSA) is 97.0 Å². The zero-order valence-electron chi connectivity index (χ0n) is 13.0. The molecular formula is C15H17N5O2S2. The maximum absolute atomic E-state index is 11.0. The molecule has 0 amide bonds. The number of carbonyl (C=O) groups is 1. The number of carboxylic acids is 1. The van der Waals surface area contributed by atoms with E-state index in [0.717, 1.165) is 16.9 Å². The molecule has 2 rings (SSSR count). The Hall–Kier alpha value is -2.52.